The third-order valence-corrected chi connectivity index (χ3v) is 3.37. The van der Waals surface area contributed by atoms with Crippen LogP contribution in [-0.2, 0) is 4.84 Å². The molecule has 0 amide bonds. The molecule has 3 rings (SSSR count). The Hall–Kier alpha value is -2.13. The summed E-state index contributed by atoms with van der Waals surface area (Å²) in [4.78, 5) is 10.2. The second-order valence-electron chi connectivity index (χ2n) is 4.72. The van der Waals surface area contributed by atoms with Gasteiger partial charge in [0.15, 0.2) is 5.84 Å². The molecular formula is C16H16N2O. The van der Waals surface area contributed by atoms with Gasteiger partial charge in [-0.15, -0.1) is 0 Å². The molecule has 1 heterocycles. The van der Waals surface area contributed by atoms with Gasteiger partial charge in [0, 0.05) is 11.1 Å². The second-order valence-corrected chi connectivity index (χ2v) is 4.72. The molecule has 1 aliphatic rings. The Balaban J connectivity index is 1.94. The fraction of sp³-hybridized carbons (Fsp3) is 0.188. The van der Waals surface area contributed by atoms with Gasteiger partial charge >= 0.3 is 0 Å². The van der Waals surface area contributed by atoms with Crippen LogP contribution in [0.15, 0.2) is 53.5 Å². The molecule has 0 saturated heterocycles. The average Bonchev–Trinajstić information content (AvgIpc) is 2.89. The SMILES string of the molecule is Cc1ccccc1C1=N[C@H](c2ccccc2C)ON1. The Morgan fingerprint density at radius 2 is 1.63 bits per heavy atom. The van der Waals surface area contributed by atoms with E-state index < -0.39 is 0 Å². The van der Waals surface area contributed by atoms with Crippen molar-refractivity contribution in [1.29, 1.82) is 0 Å². The van der Waals surface area contributed by atoms with E-state index in [1.165, 1.54) is 11.1 Å². The van der Waals surface area contributed by atoms with Crippen LogP contribution in [0.25, 0.3) is 0 Å². The van der Waals surface area contributed by atoms with E-state index in [0.29, 0.717) is 0 Å². The van der Waals surface area contributed by atoms with Gasteiger partial charge in [-0.2, -0.15) is 0 Å². The average molecular weight is 252 g/mol. The normalized spacial score (nSPS) is 18.0. The summed E-state index contributed by atoms with van der Waals surface area (Å²) in [5, 5.41) is 0. The maximum absolute atomic E-state index is 5.59. The highest BCUT2D eigenvalue weighted by Crippen LogP contribution is 2.26. The fourth-order valence-electron chi connectivity index (χ4n) is 2.24. The molecule has 96 valence electrons. The molecule has 0 spiro atoms. The van der Waals surface area contributed by atoms with Crippen LogP contribution in [0.2, 0.25) is 0 Å². The van der Waals surface area contributed by atoms with Crippen LogP contribution in [0.3, 0.4) is 0 Å². The van der Waals surface area contributed by atoms with E-state index in [0.717, 1.165) is 17.0 Å². The van der Waals surface area contributed by atoms with Crippen molar-refractivity contribution in [2.75, 3.05) is 0 Å². The first kappa shape index (κ1) is 11.9. The molecule has 1 atom stereocenters. The van der Waals surface area contributed by atoms with E-state index in [4.69, 9.17) is 4.84 Å². The highest BCUT2D eigenvalue weighted by atomic mass is 16.7. The first-order chi connectivity index (χ1) is 9.25. The Bertz CT molecular complexity index is 634. The lowest BCUT2D eigenvalue weighted by atomic mass is 10.1. The number of hydroxylamine groups is 1. The van der Waals surface area contributed by atoms with Crippen molar-refractivity contribution in [3.63, 3.8) is 0 Å². The quantitative estimate of drug-likeness (QED) is 0.889. The molecule has 0 unspecified atom stereocenters. The highest BCUT2D eigenvalue weighted by molar-refractivity contribution is 6.00. The van der Waals surface area contributed by atoms with Crippen molar-refractivity contribution in [1.82, 2.24) is 5.48 Å². The fourth-order valence-corrected chi connectivity index (χ4v) is 2.24. The summed E-state index contributed by atoms with van der Waals surface area (Å²) in [6.07, 6.45) is -0.268. The van der Waals surface area contributed by atoms with Crippen LogP contribution in [0, 0.1) is 13.8 Å². The third kappa shape index (κ3) is 2.25. The molecule has 1 N–H and O–H groups in total. The van der Waals surface area contributed by atoms with Gasteiger partial charge in [0.05, 0.1) is 0 Å². The molecule has 3 nitrogen and oxygen atoms in total. The van der Waals surface area contributed by atoms with Gasteiger partial charge in [-0.05, 0) is 25.0 Å². The topological polar surface area (TPSA) is 33.6 Å². The number of aliphatic imine (C=N–C) groups is 1. The monoisotopic (exact) mass is 252 g/mol. The minimum atomic E-state index is -0.268. The molecule has 0 aliphatic carbocycles. The van der Waals surface area contributed by atoms with Crippen molar-refractivity contribution in [3.8, 4) is 0 Å². The molecule has 3 heteroatoms. The number of benzene rings is 2. The van der Waals surface area contributed by atoms with Crippen LogP contribution in [0.5, 0.6) is 0 Å². The van der Waals surface area contributed by atoms with E-state index in [2.05, 4.69) is 36.5 Å². The van der Waals surface area contributed by atoms with Crippen molar-refractivity contribution in [2.45, 2.75) is 20.1 Å². The highest BCUT2D eigenvalue weighted by Gasteiger charge is 2.22. The molecule has 0 bridgehead atoms. The summed E-state index contributed by atoms with van der Waals surface area (Å²) in [7, 11) is 0. The molecule has 0 fully saturated rings. The Morgan fingerprint density at radius 1 is 0.947 bits per heavy atom. The van der Waals surface area contributed by atoms with Crippen molar-refractivity contribution in [2.24, 2.45) is 4.99 Å². The molecule has 0 aromatic heterocycles. The van der Waals surface area contributed by atoms with E-state index in [-0.39, 0.29) is 6.23 Å². The van der Waals surface area contributed by atoms with E-state index in [9.17, 15) is 0 Å². The number of nitrogens with one attached hydrogen (secondary N) is 1. The Kier molecular flexibility index (Phi) is 3.05. The van der Waals surface area contributed by atoms with E-state index >= 15 is 0 Å². The van der Waals surface area contributed by atoms with Gasteiger partial charge in [0.1, 0.15) is 0 Å². The maximum Gasteiger partial charge on any atom is 0.203 e. The molecule has 2 aromatic rings. The molecule has 1 aliphatic heterocycles. The summed E-state index contributed by atoms with van der Waals surface area (Å²) in [6.45, 7) is 4.14. The van der Waals surface area contributed by atoms with Gasteiger partial charge in [-0.3, -0.25) is 0 Å². The Morgan fingerprint density at radius 3 is 2.37 bits per heavy atom. The lowest BCUT2D eigenvalue weighted by Gasteiger charge is -2.08. The minimum Gasteiger partial charge on any atom is -0.246 e. The van der Waals surface area contributed by atoms with Crippen molar-refractivity contribution < 1.29 is 4.84 Å². The lowest BCUT2D eigenvalue weighted by Crippen LogP contribution is -2.19. The zero-order valence-electron chi connectivity index (χ0n) is 11.1. The van der Waals surface area contributed by atoms with E-state index in [1.54, 1.807) is 0 Å². The van der Waals surface area contributed by atoms with Crippen LogP contribution in [0.4, 0.5) is 0 Å². The molecular weight excluding hydrogens is 236 g/mol. The van der Waals surface area contributed by atoms with Gasteiger partial charge in [-0.1, -0.05) is 48.5 Å². The van der Waals surface area contributed by atoms with Crippen LogP contribution >= 0.6 is 0 Å². The summed E-state index contributed by atoms with van der Waals surface area (Å²) in [5.41, 5.74) is 7.48. The molecule has 19 heavy (non-hydrogen) atoms. The number of nitrogens with zero attached hydrogens (tertiary/aromatic N) is 1. The van der Waals surface area contributed by atoms with Gasteiger partial charge < -0.3 is 0 Å². The van der Waals surface area contributed by atoms with Gasteiger partial charge in [0.25, 0.3) is 0 Å². The summed E-state index contributed by atoms with van der Waals surface area (Å²) >= 11 is 0. The number of aryl methyl sites for hydroxylation is 2. The third-order valence-electron chi connectivity index (χ3n) is 3.37. The van der Waals surface area contributed by atoms with Crippen LogP contribution in [-0.4, -0.2) is 5.84 Å². The van der Waals surface area contributed by atoms with Gasteiger partial charge in [0.2, 0.25) is 6.23 Å². The zero-order chi connectivity index (χ0) is 13.2. The predicted molar refractivity (Wildman–Crippen MR) is 75.9 cm³/mol. The predicted octanol–water partition coefficient (Wildman–Crippen LogP) is 3.28. The first-order valence-corrected chi connectivity index (χ1v) is 6.37. The van der Waals surface area contributed by atoms with Crippen LogP contribution < -0.4 is 5.48 Å². The molecule has 0 radical (unpaired) electrons. The molecule has 2 aromatic carbocycles. The van der Waals surface area contributed by atoms with Crippen molar-refractivity contribution in [3.05, 3.63) is 70.8 Å². The Labute approximate surface area is 112 Å². The number of amidine groups is 1. The summed E-state index contributed by atoms with van der Waals surface area (Å²) in [6, 6.07) is 16.3. The number of rotatable bonds is 2. The number of hydrogen-bond acceptors (Lipinski definition) is 3. The minimum absolute atomic E-state index is 0.268. The largest absolute Gasteiger partial charge is 0.246 e. The summed E-state index contributed by atoms with van der Waals surface area (Å²) < 4.78 is 0. The zero-order valence-corrected chi connectivity index (χ0v) is 11.1. The van der Waals surface area contributed by atoms with Gasteiger partial charge in [-0.25, -0.2) is 15.3 Å². The smallest absolute Gasteiger partial charge is 0.203 e. The number of hydrogen-bond donors (Lipinski definition) is 1. The second kappa shape index (κ2) is 4.86. The lowest BCUT2D eigenvalue weighted by molar-refractivity contribution is 0.0373. The maximum atomic E-state index is 5.59. The van der Waals surface area contributed by atoms with Crippen LogP contribution in [0.1, 0.15) is 28.5 Å². The van der Waals surface area contributed by atoms with E-state index in [1.807, 2.05) is 36.4 Å². The first-order valence-electron chi connectivity index (χ1n) is 6.37. The molecule has 0 saturated carbocycles. The summed E-state index contributed by atoms with van der Waals surface area (Å²) in [5.74, 6) is 0.798. The van der Waals surface area contributed by atoms with Crippen molar-refractivity contribution >= 4 is 5.84 Å². The standard InChI is InChI=1S/C16H16N2O/c1-11-7-3-5-9-13(11)15-17-16(19-18-15)14-10-6-4-8-12(14)2/h3-10,16H,1-2H3,(H,17,18)/t16-/m0/s1.